The number of halogens is 3. The number of methoxy groups -OCH3 is 1. The molecule has 0 bridgehead atoms. The van der Waals surface area contributed by atoms with Crippen LogP contribution in [0, 0.1) is 5.92 Å². The zero-order valence-electron chi connectivity index (χ0n) is 9.81. The van der Waals surface area contributed by atoms with Crippen LogP contribution in [-0.4, -0.2) is 32.0 Å². The summed E-state index contributed by atoms with van der Waals surface area (Å²) in [4.78, 5) is 0. The van der Waals surface area contributed by atoms with Gasteiger partial charge in [-0.1, -0.05) is 6.92 Å². The van der Waals surface area contributed by atoms with E-state index in [1.807, 2.05) is 6.92 Å². The van der Waals surface area contributed by atoms with Gasteiger partial charge in [0.1, 0.15) is 6.04 Å². The van der Waals surface area contributed by atoms with Crippen molar-refractivity contribution in [2.24, 2.45) is 5.92 Å². The smallest absolute Gasteiger partial charge is 0.385 e. The average molecular weight is 239 g/mol. The molecule has 0 spiro atoms. The summed E-state index contributed by atoms with van der Waals surface area (Å²) in [7, 11) is 1.61. The molecule has 1 heterocycles. The Labute approximate surface area is 94.5 Å². The van der Waals surface area contributed by atoms with Gasteiger partial charge in [-0.15, -0.1) is 0 Å². The van der Waals surface area contributed by atoms with Crippen molar-refractivity contribution in [1.29, 1.82) is 0 Å². The van der Waals surface area contributed by atoms with Crippen LogP contribution in [-0.2, 0) is 4.74 Å². The summed E-state index contributed by atoms with van der Waals surface area (Å²) in [6, 6.07) is -1.35. The summed E-state index contributed by atoms with van der Waals surface area (Å²) < 4.78 is 42.6. The number of nitrogens with one attached hydrogen (secondary N) is 1. The summed E-state index contributed by atoms with van der Waals surface area (Å²) >= 11 is 0. The molecule has 3 unspecified atom stereocenters. The highest BCUT2D eigenvalue weighted by atomic mass is 19.4. The van der Waals surface area contributed by atoms with E-state index in [0.717, 1.165) is 12.8 Å². The van der Waals surface area contributed by atoms with Crippen LogP contribution < -0.4 is 5.32 Å². The maximum absolute atomic E-state index is 12.5. The van der Waals surface area contributed by atoms with E-state index in [0.29, 0.717) is 13.0 Å². The molecule has 1 aliphatic heterocycles. The molecule has 1 rings (SSSR count). The summed E-state index contributed by atoms with van der Waals surface area (Å²) in [6.45, 7) is 2.59. The van der Waals surface area contributed by atoms with Crippen LogP contribution in [0.25, 0.3) is 0 Å². The summed E-state index contributed by atoms with van der Waals surface area (Å²) in [5.74, 6) is 0.227. The van der Waals surface area contributed by atoms with Crippen molar-refractivity contribution in [2.45, 2.75) is 50.9 Å². The Kier molecular flexibility index (Phi) is 5.05. The fraction of sp³-hybridized carbons (Fsp3) is 1.00. The highest BCUT2D eigenvalue weighted by molar-refractivity contribution is 4.87. The molecule has 1 N–H and O–H groups in total. The van der Waals surface area contributed by atoms with Gasteiger partial charge >= 0.3 is 6.18 Å². The summed E-state index contributed by atoms with van der Waals surface area (Å²) in [5.41, 5.74) is 0. The maximum atomic E-state index is 12.5. The highest BCUT2D eigenvalue weighted by Crippen LogP contribution is 2.30. The Hall–Kier alpha value is -0.290. The van der Waals surface area contributed by atoms with Crippen molar-refractivity contribution in [3.05, 3.63) is 0 Å². The number of alkyl halides is 3. The van der Waals surface area contributed by atoms with Crippen LogP contribution in [0.3, 0.4) is 0 Å². The molecule has 0 amide bonds. The number of piperidine rings is 1. The van der Waals surface area contributed by atoms with E-state index in [-0.39, 0.29) is 18.4 Å². The van der Waals surface area contributed by atoms with E-state index in [9.17, 15) is 13.2 Å². The first-order valence-corrected chi connectivity index (χ1v) is 5.77. The van der Waals surface area contributed by atoms with Crippen LogP contribution >= 0.6 is 0 Å². The van der Waals surface area contributed by atoms with Crippen molar-refractivity contribution >= 4 is 0 Å². The molecular formula is C11H20F3NO. The van der Waals surface area contributed by atoms with Gasteiger partial charge in [-0.05, 0) is 31.6 Å². The van der Waals surface area contributed by atoms with Gasteiger partial charge in [-0.3, -0.25) is 0 Å². The minimum absolute atomic E-state index is 0.0319. The van der Waals surface area contributed by atoms with Gasteiger partial charge in [0.25, 0.3) is 0 Å². The third-order valence-electron chi connectivity index (χ3n) is 3.28. The van der Waals surface area contributed by atoms with E-state index in [1.165, 1.54) is 0 Å². The number of rotatable bonds is 4. The van der Waals surface area contributed by atoms with Crippen molar-refractivity contribution < 1.29 is 17.9 Å². The number of hydrogen-bond acceptors (Lipinski definition) is 2. The monoisotopic (exact) mass is 239 g/mol. The molecule has 0 aromatic heterocycles. The molecule has 0 aromatic carbocycles. The molecule has 0 aliphatic carbocycles. The molecule has 1 fully saturated rings. The fourth-order valence-electron chi connectivity index (χ4n) is 2.18. The Morgan fingerprint density at radius 1 is 1.38 bits per heavy atom. The molecule has 1 aliphatic rings. The van der Waals surface area contributed by atoms with Crippen LogP contribution in [0.1, 0.15) is 32.6 Å². The first-order valence-electron chi connectivity index (χ1n) is 5.77. The largest absolute Gasteiger partial charge is 0.403 e. The standard InChI is InChI=1S/C11H20F3NO/c1-8(6-7-16-2)9-4-3-5-10(15-9)11(12,13)14/h8-10,15H,3-7H2,1-2H3. The lowest BCUT2D eigenvalue weighted by atomic mass is 9.88. The predicted octanol–water partition coefficient (Wildman–Crippen LogP) is 2.73. The molecule has 1 saturated heterocycles. The van der Waals surface area contributed by atoms with Crippen LogP contribution in [0.4, 0.5) is 13.2 Å². The van der Waals surface area contributed by atoms with Gasteiger partial charge in [0, 0.05) is 19.8 Å². The van der Waals surface area contributed by atoms with Crippen molar-refractivity contribution in [1.82, 2.24) is 5.32 Å². The van der Waals surface area contributed by atoms with E-state index in [4.69, 9.17) is 4.74 Å². The summed E-state index contributed by atoms with van der Waals surface area (Å²) in [6.07, 6.45) is -1.62. The van der Waals surface area contributed by atoms with E-state index in [2.05, 4.69) is 5.32 Å². The first-order chi connectivity index (χ1) is 7.45. The molecule has 5 heteroatoms. The minimum atomic E-state index is -4.11. The molecule has 16 heavy (non-hydrogen) atoms. The molecule has 96 valence electrons. The quantitative estimate of drug-likeness (QED) is 0.814. The second-order valence-corrected chi connectivity index (χ2v) is 4.56. The number of ether oxygens (including phenoxy) is 1. The molecule has 0 saturated carbocycles. The van der Waals surface area contributed by atoms with Gasteiger partial charge in [0.2, 0.25) is 0 Å². The predicted molar refractivity (Wildman–Crippen MR) is 56.3 cm³/mol. The van der Waals surface area contributed by atoms with E-state index >= 15 is 0 Å². The van der Waals surface area contributed by atoms with Crippen LogP contribution in [0.5, 0.6) is 0 Å². The van der Waals surface area contributed by atoms with E-state index < -0.39 is 12.2 Å². The molecule has 2 nitrogen and oxygen atoms in total. The van der Waals surface area contributed by atoms with Gasteiger partial charge < -0.3 is 10.1 Å². The van der Waals surface area contributed by atoms with Gasteiger partial charge in [0.05, 0.1) is 0 Å². The minimum Gasteiger partial charge on any atom is -0.385 e. The molecule has 0 aromatic rings. The third kappa shape index (κ3) is 3.94. The molecule has 0 radical (unpaired) electrons. The van der Waals surface area contributed by atoms with Crippen molar-refractivity contribution in [3.63, 3.8) is 0 Å². The normalized spacial score (nSPS) is 29.1. The second kappa shape index (κ2) is 5.87. The SMILES string of the molecule is COCCC(C)C1CCCC(C(F)(F)F)N1. The zero-order chi connectivity index (χ0) is 12.2. The third-order valence-corrected chi connectivity index (χ3v) is 3.28. The maximum Gasteiger partial charge on any atom is 0.403 e. The molecular weight excluding hydrogens is 219 g/mol. The lowest BCUT2D eigenvalue weighted by Gasteiger charge is -2.35. The highest BCUT2D eigenvalue weighted by Gasteiger charge is 2.42. The Morgan fingerprint density at radius 2 is 2.06 bits per heavy atom. The van der Waals surface area contributed by atoms with Gasteiger partial charge in [0.15, 0.2) is 0 Å². The van der Waals surface area contributed by atoms with Crippen LogP contribution in [0.2, 0.25) is 0 Å². The lowest BCUT2D eigenvalue weighted by molar-refractivity contribution is -0.164. The lowest BCUT2D eigenvalue weighted by Crippen LogP contribution is -2.52. The fourth-order valence-corrected chi connectivity index (χ4v) is 2.18. The average Bonchev–Trinajstić information content (AvgIpc) is 2.25. The topological polar surface area (TPSA) is 21.3 Å². The van der Waals surface area contributed by atoms with Crippen molar-refractivity contribution in [3.8, 4) is 0 Å². The van der Waals surface area contributed by atoms with Crippen LogP contribution in [0.15, 0.2) is 0 Å². The van der Waals surface area contributed by atoms with E-state index in [1.54, 1.807) is 7.11 Å². The Balaban J connectivity index is 2.43. The summed E-state index contributed by atoms with van der Waals surface area (Å²) in [5, 5.41) is 2.72. The molecule has 3 atom stereocenters. The van der Waals surface area contributed by atoms with Crippen molar-refractivity contribution in [2.75, 3.05) is 13.7 Å². The zero-order valence-corrected chi connectivity index (χ0v) is 9.81. The Morgan fingerprint density at radius 3 is 2.62 bits per heavy atom. The van der Waals surface area contributed by atoms with Gasteiger partial charge in [-0.25, -0.2) is 0 Å². The number of hydrogen-bond donors (Lipinski definition) is 1. The van der Waals surface area contributed by atoms with Gasteiger partial charge in [-0.2, -0.15) is 13.2 Å². The Bertz CT molecular complexity index is 208. The first kappa shape index (κ1) is 13.8. The second-order valence-electron chi connectivity index (χ2n) is 4.56.